The van der Waals surface area contributed by atoms with Crippen LogP contribution in [0.25, 0.3) is 0 Å². The van der Waals surface area contributed by atoms with Gasteiger partial charge in [-0.1, -0.05) is 58.4 Å². The summed E-state index contributed by atoms with van der Waals surface area (Å²) < 4.78 is 12.2. The van der Waals surface area contributed by atoms with Crippen molar-refractivity contribution in [1.82, 2.24) is 0 Å². The van der Waals surface area contributed by atoms with E-state index >= 15 is 0 Å². The van der Waals surface area contributed by atoms with Crippen LogP contribution in [-0.2, 0) is 17.8 Å². The number of benzene rings is 3. The van der Waals surface area contributed by atoms with Crippen molar-refractivity contribution in [2.75, 3.05) is 12.4 Å². The van der Waals surface area contributed by atoms with Crippen LogP contribution < -0.4 is 14.8 Å². The van der Waals surface area contributed by atoms with Crippen molar-refractivity contribution in [2.24, 2.45) is 0 Å². The number of methoxy groups -OCH3 is 1. The maximum atomic E-state index is 12.3. The Morgan fingerprint density at radius 2 is 1.74 bits per heavy atom. The van der Waals surface area contributed by atoms with Gasteiger partial charge in [0, 0.05) is 10.2 Å². The zero-order chi connectivity index (χ0) is 19.1. The molecule has 0 fully saturated rings. The number of hydrogen-bond acceptors (Lipinski definition) is 3. The van der Waals surface area contributed by atoms with Gasteiger partial charge in [-0.25, -0.2) is 0 Å². The molecule has 0 saturated carbocycles. The van der Waals surface area contributed by atoms with Gasteiger partial charge in [0.25, 0.3) is 0 Å². The van der Waals surface area contributed by atoms with E-state index in [4.69, 9.17) is 9.47 Å². The Morgan fingerprint density at radius 3 is 2.48 bits per heavy atom. The number of carbonyl (C=O) groups excluding carboxylic acids is 1. The Hall–Kier alpha value is -2.79. The average Bonchev–Trinajstić information content (AvgIpc) is 2.67. The van der Waals surface area contributed by atoms with Gasteiger partial charge in [-0.05, 0) is 41.5 Å². The molecule has 0 spiro atoms. The monoisotopic (exact) mass is 425 g/mol. The lowest BCUT2D eigenvalue weighted by Crippen LogP contribution is -2.14. The van der Waals surface area contributed by atoms with Crippen molar-refractivity contribution in [3.8, 4) is 11.5 Å². The number of amides is 1. The van der Waals surface area contributed by atoms with E-state index in [0.717, 1.165) is 21.3 Å². The highest BCUT2D eigenvalue weighted by molar-refractivity contribution is 9.10. The Kier molecular flexibility index (Phi) is 6.49. The lowest BCUT2D eigenvalue weighted by atomic mass is 10.1. The first kappa shape index (κ1) is 19.0. The smallest absolute Gasteiger partial charge is 0.228 e. The molecule has 0 aliphatic heterocycles. The third-order valence-electron chi connectivity index (χ3n) is 3.94. The van der Waals surface area contributed by atoms with Crippen LogP contribution >= 0.6 is 15.9 Å². The third-order valence-corrected chi connectivity index (χ3v) is 4.43. The zero-order valence-corrected chi connectivity index (χ0v) is 16.5. The Morgan fingerprint density at radius 1 is 0.926 bits per heavy atom. The summed E-state index contributed by atoms with van der Waals surface area (Å²) >= 11 is 3.40. The molecule has 1 N–H and O–H groups in total. The molecular weight excluding hydrogens is 406 g/mol. The maximum Gasteiger partial charge on any atom is 0.228 e. The summed E-state index contributed by atoms with van der Waals surface area (Å²) in [6.45, 7) is 0.458. The second-order valence-corrected chi connectivity index (χ2v) is 6.91. The van der Waals surface area contributed by atoms with Crippen molar-refractivity contribution in [2.45, 2.75) is 13.0 Å². The summed E-state index contributed by atoms with van der Waals surface area (Å²) in [5.41, 5.74) is 2.69. The van der Waals surface area contributed by atoms with Crippen molar-refractivity contribution in [3.63, 3.8) is 0 Å². The van der Waals surface area contributed by atoms with E-state index < -0.39 is 0 Å². The molecule has 4 nitrogen and oxygen atoms in total. The Bertz CT molecular complexity index is 912. The van der Waals surface area contributed by atoms with Crippen LogP contribution in [0.1, 0.15) is 11.1 Å². The number of carbonyl (C=O) groups is 1. The minimum absolute atomic E-state index is 0.0897. The van der Waals surface area contributed by atoms with Crippen LogP contribution in [0.3, 0.4) is 0 Å². The van der Waals surface area contributed by atoms with Gasteiger partial charge in [-0.15, -0.1) is 0 Å². The normalized spacial score (nSPS) is 10.3. The van der Waals surface area contributed by atoms with Crippen LogP contribution in [0, 0.1) is 0 Å². The van der Waals surface area contributed by atoms with Gasteiger partial charge in [-0.2, -0.15) is 0 Å². The van der Waals surface area contributed by atoms with E-state index in [0.29, 0.717) is 18.1 Å². The van der Waals surface area contributed by atoms with Crippen molar-refractivity contribution in [3.05, 3.63) is 88.4 Å². The van der Waals surface area contributed by atoms with Gasteiger partial charge in [0.05, 0.1) is 13.5 Å². The van der Waals surface area contributed by atoms with Crippen LogP contribution in [0.5, 0.6) is 11.5 Å². The van der Waals surface area contributed by atoms with Crippen LogP contribution in [0.4, 0.5) is 5.69 Å². The molecule has 1 amide bonds. The highest BCUT2D eigenvalue weighted by Crippen LogP contribution is 2.29. The highest BCUT2D eigenvalue weighted by atomic mass is 79.9. The van der Waals surface area contributed by atoms with Crippen molar-refractivity contribution in [1.29, 1.82) is 0 Å². The summed E-state index contributed by atoms with van der Waals surface area (Å²) in [6.07, 6.45) is 0.252. The molecule has 0 atom stereocenters. The Balaban J connectivity index is 1.63. The van der Waals surface area contributed by atoms with E-state index in [1.54, 1.807) is 7.11 Å². The van der Waals surface area contributed by atoms with E-state index in [1.165, 1.54) is 0 Å². The summed E-state index contributed by atoms with van der Waals surface area (Å²) in [6, 6.07) is 23.0. The van der Waals surface area contributed by atoms with Crippen LogP contribution in [0.2, 0.25) is 0 Å². The highest BCUT2D eigenvalue weighted by Gasteiger charge is 2.10. The Labute approximate surface area is 167 Å². The average molecular weight is 426 g/mol. The molecule has 3 aromatic carbocycles. The first-order chi connectivity index (χ1) is 13.1. The first-order valence-electron chi connectivity index (χ1n) is 8.53. The quantitative estimate of drug-likeness (QED) is 0.564. The molecule has 27 heavy (non-hydrogen) atoms. The molecule has 0 unspecified atom stereocenters. The van der Waals surface area contributed by atoms with Gasteiger partial charge in [0.2, 0.25) is 5.91 Å². The number of halogens is 1. The minimum atomic E-state index is -0.0897. The summed E-state index contributed by atoms with van der Waals surface area (Å²) in [5, 5.41) is 2.89. The van der Waals surface area contributed by atoms with E-state index in [9.17, 15) is 4.79 Å². The number of rotatable bonds is 7. The van der Waals surface area contributed by atoms with Gasteiger partial charge in [0.15, 0.2) is 11.5 Å². The summed E-state index contributed by atoms with van der Waals surface area (Å²) in [5.74, 6) is 1.17. The molecular formula is C22H20BrNO3. The molecule has 0 aliphatic rings. The second-order valence-electron chi connectivity index (χ2n) is 5.99. The topological polar surface area (TPSA) is 47.6 Å². The van der Waals surface area contributed by atoms with E-state index in [2.05, 4.69) is 21.2 Å². The van der Waals surface area contributed by atoms with Gasteiger partial charge >= 0.3 is 0 Å². The molecule has 0 radical (unpaired) electrons. The molecule has 0 aromatic heterocycles. The zero-order valence-electron chi connectivity index (χ0n) is 14.9. The number of ether oxygens (including phenoxy) is 2. The minimum Gasteiger partial charge on any atom is -0.493 e. The lowest BCUT2D eigenvalue weighted by molar-refractivity contribution is -0.115. The summed E-state index contributed by atoms with van der Waals surface area (Å²) in [4.78, 5) is 12.3. The fraction of sp³-hybridized carbons (Fsp3) is 0.136. The first-order valence-corrected chi connectivity index (χ1v) is 9.32. The van der Waals surface area contributed by atoms with Crippen molar-refractivity contribution < 1.29 is 14.3 Å². The molecule has 0 saturated heterocycles. The fourth-order valence-corrected chi connectivity index (χ4v) is 3.03. The predicted molar refractivity (Wildman–Crippen MR) is 110 cm³/mol. The molecule has 0 aliphatic carbocycles. The number of hydrogen-bond donors (Lipinski definition) is 1. The van der Waals surface area contributed by atoms with E-state index in [1.807, 2.05) is 72.8 Å². The maximum absolute atomic E-state index is 12.3. The van der Waals surface area contributed by atoms with Crippen LogP contribution in [0.15, 0.2) is 77.3 Å². The molecule has 3 rings (SSSR count). The second kappa shape index (κ2) is 9.24. The molecule has 0 bridgehead atoms. The fourth-order valence-electron chi connectivity index (χ4n) is 2.63. The molecule has 0 heterocycles. The number of anilines is 1. The van der Waals surface area contributed by atoms with Gasteiger partial charge in [0.1, 0.15) is 6.61 Å². The predicted octanol–water partition coefficient (Wildman–Crippen LogP) is 5.22. The SMILES string of the molecule is COc1cc(CC(=O)Nc2cccc(Br)c2)ccc1OCc1ccccc1. The molecule has 3 aromatic rings. The van der Waals surface area contributed by atoms with Crippen LogP contribution in [-0.4, -0.2) is 13.0 Å². The third kappa shape index (κ3) is 5.59. The van der Waals surface area contributed by atoms with E-state index in [-0.39, 0.29) is 12.3 Å². The number of nitrogens with one attached hydrogen (secondary N) is 1. The largest absolute Gasteiger partial charge is 0.493 e. The standard InChI is InChI=1S/C22H20BrNO3/c1-26-21-12-17(13-22(25)24-19-9-5-8-18(23)14-19)10-11-20(21)27-15-16-6-3-2-4-7-16/h2-12,14H,13,15H2,1H3,(H,24,25). The lowest BCUT2D eigenvalue weighted by Gasteiger charge is -2.12. The summed E-state index contributed by atoms with van der Waals surface area (Å²) in [7, 11) is 1.59. The van der Waals surface area contributed by atoms with Gasteiger partial charge < -0.3 is 14.8 Å². The van der Waals surface area contributed by atoms with Gasteiger partial charge in [-0.3, -0.25) is 4.79 Å². The molecule has 138 valence electrons. The molecule has 5 heteroatoms. The van der Waals surface area contributed by atoms with Crippen molar-refractivity contribution >= 4 is 27.5 Å².